The molecule has 1 rings (SSSR count). The number of methoxy groups -OCH3 is 1. The number of carbonyl (C=O) groups is 1. The van der Waals surface area contributed by atoms with Crippen molar-refractivity contribution >= 4 is 5.91 Å². The Labute approximate surface area is 127 Å². The van der Waals surface area contributed by atoms with E-state index in [1.165, 1.54) is 5.56 Å². The topological polar surface area (TPSA) is 58.8 Å². The highest BCUT2D eigenvalue weighted by atomic mass is 16.5. The molecule has 0 bridgehead atoms. The van der Waals surface area contributed by atoms with Crippen molar-refractivity contribution in [3.05, 3.63) is 29.8 Å². The smallest absolute Gasteiger partial charge is 0.223 e. The molecule has 118 valence electrons. The summed E-state index contributed by atoms with van der Waals surface area (Å²) in [6.45, 7) is 2.92. The Bertz CT molecular complexity index is 420. The first-order chi connectivity index (χ1) is 10.1. The molecule has 0 radical (unpaired) electrons. The normalized spacial score (nSPS) is 10.7. The minimum absolute atomic E-state index is 0.171. The van der Waals surface area contributed by atoms with E-state index in [1.54, 1.807) is 12.0 Å². The van der Waals surface area contributed by atoms with Gasteiger partial charge in [0, 0.05) is 33.1 Å². The van der Waals surface area contributed by atoms with Gasteiger partial charge in [-0.25, -0.2) is 0 Å². The minimum Gasteiger partial charge on any atom is -0.497 e. The van der Waals surface area contributed by atoms with Crippen molar-refractivity contribution in [2.45, 2.75) is 19.4 Å². The van der Waals surface area contributed by atoms with Gasteiger partial charge in [0.05, 0.1) is 7.11 Å². The maximum atomic E-state index is 11.9. The largest absolute Gasteiger partial charge is 0.497 e. The van der Waals surface area contributed by atoms with Crippen LogP contribution in [-0.2, 0) is 11.3 Å². The van der Waals surface area contributed by atoms with Crippen molar-refractivity contribution in [3.8, 4) is 5.75 Å². The molecule has 2 N–H and O–H groups in total. The highest BCUT2D eigenvalue weighted by Gasteiger charge is 2.09. The Morgan fingerprint density at radius 1 is 1.19 bits per heavy atom. The molecule has 0 saturated heterocycles. The Balaban J connectivity index is 2.32. The third-order valence-electron chi connectivity index (χ3n) is 3.44. The average molecular weight is 293 g/mol. The summed E-state index contributed by atoms with van der Waals surface area (Å²) in [5.41, 5.74) is 6.66. The average Bonchev–Trinajstić information content (AvgIpc) is 2.50. The summed E-state index contributed by atoms with van der Waals surface area (Å²) in [6, 6.07) is 8.00. The first-order valence-corrected chi connectivity index (χ1v) is 7.32. The van der Waals surface area contributed by atoms with Gasteiger partial charge in [0.15, 0.2) is 0 Å². The summed E-state index contributed by atoms with van der Waals surface area (Å²) >= 11 is 0. The van der Waals surface area contributed by atoms with E-state index in [0.717, 1.165) is 31.8 Å². The van der Waals surface area contributed by atoms with Crippen LogP contribution >= 0.6 is 0 Å². The lowest BCUT2D eigenvalue weighted by atomic mass is 10.2. The van der Waals surface area contributed by atoms with Gasteiger partial charge in [0.1, 0.15) is 5.75 Å². The lowest BCUT2D eigenvalue weighted by molar-refractivity contribution is -0.130. The standard InChI is InChI=1S/C16H27N3O2/c1-18(12-9-16(20)19(2)11-4-10-17)13-14-5-7-15(21-3)8-6-14/h5-8H,4,9-13,17H2,1-3H3. The maximum absolute atomic E-state index is 11.9. The number of benzene rings is 1. The fraction of sp³-hybridized carbons (Fsp3) is 0.562. The van der Waals surface area contributed by atoms with Crippen LogP contribution in [0.3, 0.4) is 0 Å². The number of hydrogen-bond acceptors (Lipinski definition) is 4. The van der Waals surface area contributed by atoms with Crippen LogP contribution in [-0.4, -0.2) is 56.5 Å². The van der Waals surface area contributed by atoms with Crippen molar-refractivity contribution in [1.29, 1.82) is 0 Å². The van der Waals surface area contributed by atoms with Gasteiger partial charge < -0.3 is 20.3 Å². The first kappa shape index (κ1) is 17.5. The summed E-state index contributed by atoms with van der Waals surface area (Å²) in [7, 11) is 5.52. The molecule has 0 aliphatic heterocycles. The van der Waals surface area contributed by atoms with E-state index in [9.17, 15) is 4.79 Å². The number of ether oxygens (including phenoxy) is 1. The van der Waals surface area contributed by atoms with Crippen LogP contribution in [0.4, 0.5) is 0 Å². The number of carbonyl (C=O) groups excluding carboxylic acids is 1. The molecule has 0 aromatic heterocycles. The second kappa shape index (κ2) is 9.37. The second-order valence-corrected chi connectivity index (χ2v) is 5.29. The zero-order chi connectivity index (χ0) is 15.7. The molecule has 0 unspecified atom stereocenters. The van der Waals surface area contributed by atoms with Crippen LogP contribution in [0.15, 0.2) is 24.3 Å². The molecule has 5 heteroatoms. The third-order valence-corrected chi connectivity index (χ3v) is 3.44. The number of rotatable bonds is 9. The van der Waals surface area contributed by atoms with Crippen molar-refractivity contribution in [2.75, 3.05) is 40.8 Å². The molecule has 21 heavy (non-hydrogen) atoms. The van der Waals surface area contributed by atoms with E-state index in [2.05, 4.69) is 4.90 Å². The number of nitrogens with zero attached hydrogens (tertiary/aromatic N) is 2. The fourth-order valence-corrected chi connectivity index (χ4v) is 2.05. The Morgan fingerprint density at radius 3 is 2.43 bits per heavy atom. The SMILES string of the molecule is COc1ccc(CN(C)CCC(=O)N(C)CCCN)cc1. The van der Waals surface area contributed by atoms with Crippen molar-refractivity contribution in [3.63, 3.8) is 0 Å². The maximum Gasteiger partial charge on any atom is 0.223 e. The highest BCUT2D eigenvalue weighted by Crippen LogP contribution is 2.12. The predicted molar refractivity (Wildman–Crippen MR) is 85.3 cm³/mol. The summed E-state index contributed by atoms with van der Waals surface area (Å²) in [5.74, 6) is 1.03. The minimum atomic E-state index is 0.171. The summed E-state index contributed by atoms with van der Waals surface area (Å²) in [5, 5.41) is 0. The van der Waals surface area contributed by atoms with Crippen LogP contribution in [0.2, 0.25) is 0 Å². The molecule has 0 saturated carbocycles. The van der Waals surface area contributed by atoms with E-state index in [1.807, 2.05) is 38.4 Å². The van der Waals surface area contributed by atoms with E-state index in [0.29, 0.717) is 13.0 Å². The number of amides is 1. The Hall–Kier alpha value is -1.59. The van der Waals surface area contributed by atoms with E-state index >= 15 is 0 Å². The first-order valence-electron chi connectivity index (χ1n) is 7.32. The monoisotopic (exact) mass is 293 g/mol. The molecule has 1 aromatic rings. The van der Waals surface area contributed by atoms with E-state index in [4.69, 9.17) is 10.5 Å². The molecule has 0 atom stereocenters. The molecule has 5 nitrogen and oxygen atoms in total. The lowest BCUT2D eigenvalue weighted by Crippen LogP contribution is -2.32. The lowest BCUT2D eigenvalue weighted by Gasteiger charge is -2.20. The molecule has 0 aliphatic carbocycles. The third kappa shape index (κ3) is 6.60. The van der Waals surface area contributed by atoms with Crippen LogP contribution < -0.4 is 10.5 Å². The van der Waals surface area contributed by atoms with E-state index < -0.39 is 0 Å². The molecule has 0 aliphatic rings. The Kier molecular flexibility index (Phi) is 7.79. The quantitative estimate of drug-likeness (QED) is 0.746. The van der Waals surface area contributed by atoms with Gasteiger partial charge in [-0.05, 0) is 37.7 Å². The zero-order valence-electron chi connectivity index (χ0n) is 13.3. The van der Waals surface area contributed by atoms with Crippen molar-refractivity contribution in [1.82, 2.24) is 9.80 Å². The number of nitrogens with two attached hydrogens (primary N) is 1. The van der Waals surface area contributed by atoms with Gasteiger partial charge in [-0.1, -0.05) is 12.1 Å². The van der Waals surface area contributed by atoms with Gasteiger partial charge >= 0.3 is 0 Å². The summed E-state index contributed by atoms with van der Waals surface area (Å²) in [6.07, 6.45) is 1.39. The van der Waals surface area contributed by atoms with Crippen LogP contribution in [0.1, 0.15) is 18.4 Å². The molecular weight excluding hydrogens is 266 g/mol. The van der Waals surface area contributed by atoms with E-state index in [-0.39, 0.29) is 5.91 Å². The Morgan fingerprint density at radius 2 is 1.86 bits per heavy atom. The van der Waals surface area contributed by atoms with Gasteiger partial charge in [-0.15, -0.1) is 0 Å². The molecular formula is C16H27N3O2. The van der Waals surface area contributed by atoms with Gasteiger partial charge in [0.2, 0.25) is 5.91 Å². The predicted octanol–water partition coefficient (Wildman–Crippen LogP) is 1.32. The van der Waals surface area contributed by atoms with Gasteiger partial charge in [0.25, 0.3) is 0 Å². The van der Waals surface area contributed by atoms with Crippen molar-refractivity contribution in [2.24, 2.45) is 5.73 Å². The molecule has 0 heterocycles. The van der Waals surface area contributed by atoms with Crippen molar-refractivity contribution < 1.29 is 9.53 Å². The molecule has 0 spiro atoms. The molecule has 1 amide bonds. The van der Waals surface area contributed by atoms with Crippen LogP contribution in [0.5, 0.6) is 5.75 Å². The molecule has 0 fully saturated rings. The highest BCUT2D eigenvalue weighted by molar-refractivity contribution is 5.76. The van der Waals surface area contributed by atoms with Crippen LogP contribution in [0, 0.1) is 0 Å². The second-order valence-electron chi connectivity index (χ2n) is 5.29. The zero-order valence-corrected chi connectivity index (χ0v) is 13.3. The van der Waals surface area contributed by atoms with Gasteiger partial charge in [-0.3, -0.25) is 4.79 Å². The summed E-state index contributed by atoms with van der Waals surface area (Å²) in [4.78, 5) is 15.8. The van der Waals surface area contributed by atoms with Gasteiger partial charge in [-0.2, -0.15) is 0 Å². The van der Waals surface area contributed by atoms with Crippen LogP contribution in [0.25, 0.3) is 0 Å². The fourth-order valence-electron chi connectivity index (χ4n) is 2.05. The number of hydrogen-bond donors (Lipinski definition) is 1. The molecule has 1 aromatic carbocycles. The summed E-state index contributed by atoms with van der Waals surface area (Å²) < 4.78 is 5.14.